The van der Waals surface area contributed by atoms with Crippen LogP contribution in [0.2, 0.25) is 0 Å². The van der Waals surface area contributed by atoms with Crippen molar-refractivity contribution in [3.63, 3.8) is 0 Å². The molecule has 1 N–H and O–H groups in total. The van der Waals surface area contributed by atoms with Gasteiger partial charge in [0.2, 0.25) is 5.95 Å². The Labute approximate surface area is 87.8 Å². The highest BCUT2D eigenvalue weighted by atomic mass is 19.1. The molecule has 1 aromatic heterocycles. The second-order valence-electron chi connectivity index (χ2n) is 4.07. The van der Waals surface area contributed by atoms with E-state index in [-0.39, 0.29) is 6.10 Å². The number of aliphatic hydroxyl groups excluding tert-OH is 1. The van der Waals surface area contributed by atoms with E-state index in [9.17, 15) is 4.39 Å². The van der Waals surface area contributed by atoms with Gasteiger partial charge >= 0.3 is 0 Å². The zero-order valence-electron chi connectivity index (χ0n) is 8.60. The molecule has 0 aromatic carbocycles. The Balaban J connectivity index is 1.90. The fourth-order valence-electron chi connectivity index (χ4n) is 1.82. The predicted octanol–water partition coefficient (Wildman–Crippen LogP) is 0.823. The second kappa shape index (κ2) is 4.10. The normalized spacial score (nSPS) is 24.7. The molecule has 1 aliphatic rings. The van der Waals surface area contributed by atoms with Crippen molar-refractivity contribution in [1.29, 1.82) is 0 Å². The molecule has 82 valence electrons. The number of aromatic nitrogens is 2. The van der Waals surface area contributed by atoms with Gasteiger partial charge in [-0.15, -0.1) is 0 Å². The van der Waals surface area contributed by atoms with E-state index in [1.54, 1.807) is 0 Å². The van der Waals surface area contributed by atoms with Gasteiger partial charge in [0.15, 0.2) is 5.82 Å². The third kappa shape index (κ3) is 2.41. The van der Waals surface area contributed by atoms with E-state index in [2.05, 4.69) is 9.97 Å². The first kappa shape index (κ1) is 10.3. The molecule has 2 rings (SSSR count). The average Bonchev–Trinajstić information content (AvgIpc) is 2.16. The molecule has 4 nitrogen and oxygen atoms in total. The molecule has 1 fully saturated rings. The molecule has 1 heterocycles. The molecule has 0 saturated heterocycles. The fraction of sp³-hybridized carbons (Fsp3) is 0.600. The van der Waals surface area contributed by atoms with Gasteiger partial charge in [-0.1, -0.05) is 0 Å². The van der Waals surface area contributed by atoms with Crippen molar-refractivity contribution in [2.45, 2.75) is 18.9 Å². The number of hydrogen-bond acceptors (Lipinski definition) is 4. The Kier molecular flexibility index (Phi) is 2.81. The highest BCUT2D eigenvalue weighted by Crippen LogP contribution is 2.28. The first-order valence-electron chi connectivity index (χ1n) is 5.02. The zero-order chi connectivity index (χ0) is 10.8. The standard InChI is InChI=1S/C10H14FN3O/c1-14(6-7-2-9(15)3-7)10-12-4-8(11)5-13-10/h4-5,7,9,15H,2-3,6H2,1H3. The molecule has 15 heavy (non-hydrogen) atoms. The monoisotopic (exact) mass is 211 g/mol. The summed E-state index contributed by atoms with van der Waals surface area (Å²) < 4.78 is 12.6. The maximum atomic E-state index is 12.6. The fourth-order valence-corrected chi connectivity index (χ4v) is 1.82. The van der Waals surface area contributed by atoms with E-state index in [0.29, 0.717) is 11.9 Å². The summed E-state index contributed by atoms with van der Waals surface area (Å²) in [6, 6.07) is 0. The number of aliphatic hydroxyl groups is 1. The van der Waals surface area contributed by atoms with Crippen LogP contribution in [0.4, 0.5) is 10.3 Å². The molecule has 0 aliphatic heterocycles. The first-order valence-corrected chi connectivity index (χ1v) is 5.02. The molecular formula is C10H14FN3O. The van der Waals surface area contributed by atoms with Gasteiger partial charge in [0.25, 0.3) is 0 Å². The Morgan fingerprint density at radius 1 is 1.47 bits per heavy atom. The third-order valence-corrected chi connectivity index (χ3v) is 2.69. The van der Waals surface area contributed by atoms with Crippen LogP contribution in [-0.4, -0.2) is 34.8 Å². The highest BCUT2D eigenvalue weighted by Gasteiger charge is 2.28. The van der Waals surface area contributed by atoms with E-state index in [1.807, 2.05) is 11.9 Å². The minimum Gasteiger partial charge on any atom is -0.393 e. The summed E-state index contributed by atoms with van der Waals surface area (Å²) in [5, 5.41) is 9.14. The van der Waals surface area contributed by atoms with E-state index >= 15 is 0 Å². The van der Waals surface area contributed by atoms with Crippen molar-refractivity contribution < 1.29 is 9.50 Å². The quantitative estimate of drug-likeness (QED) is 0.804. The van der Waals surface area contributed by atoms with Crippen molar-refractivity contribution >= 4 is 5.95 Å². The van der Waals surface area contributed by atoms with E-state index in [0.717, 1.165) is 31.8 Å². The molecule has 0 atom stereocenters. The van der Waals surface area contributed by atoms with Gasteiger partial charge in [-0.2, -0.15) is 0 Å². The molecule has 0 spiro atoms. The van der Waals surface area contributed by atoms with Crippen molar-refractivity contribution in [3.05, 3.63) is 18.2 Å². The summed E-state index contributed by atoms with van der Waals surface area (Å²) >= 11 is 0. The van der Waals surface area contributed by atoms with Crippen LogP contribution in [-0.2, 0) is 0 Å². The Morgan fingerprint density at radius 2 is 2.07 bits per heavy atom. The maximum absolute atomic E-state index is 12.6. The second-order valence-corrected chi connectivity index (χ2v) is 4.07. The third-order valence-electron chi connectivity index (χ3n) is 2.69. The SMILES string of the molecule is CN(CC1CC(O)C1)c1ncc(F)cn1. The van der Waals surface area contributed by atoms with Crippen LogP contribution >= 0.6 is 0 Å². The lowest BCUT2D eigenvalue weighted by molar-refractivity contribution is 0.0463. The smallest absolute Gasteiger partial charge is 0.225 e. The minimum absolute atomic E-state index is 0.141. The van der Waals surface area contributed by atoms with Crippen LogP contribution in [0, 0.1) is 11.7 Å². The van der Waals surface area contributed by atoms with Gasteiger partial charge in [0.1, 0.15) is 0 Å². The van der Waals surface area contributed by atoms with Gasteiger partial charge in [0, 0.05) is 13.6 Å². The topological polar surface area (TPSA) is 49.2 Å². The Bertz CT molecular complexity index is 324. The molecule has 5 heteroatoms. The van der Waals surface area contributed by atoms with Crippen LogP contribution in [0.5, 0.6) is 0 Å². The molecule has 0 amide bonds. The van der Waals surface area contributed by atoms with Gasteiger partial charge in [-0.25, -0.2) is 14.4 Å². The van der Waals surface area contributed by atoms with E-state index in [4.69, 9.17) is 5.11 Å². The highest BCUT2D eigenvalue weighted by molar-refractivity contribution is 5.27. The average molecular weight is 211 g/mol. The number of halogens is 1. The van der Waals surface area contributed by atoms with Crippen molar-refractivity contribution in [3.8, 4) is 0 Å². The molecule has 1 saturated carbocycles. The van der Waals surface area contributed by atoms with E-state index < -0.39 is 5.82 Å². The van der Waals surface area contributed by atoms with Crippen LogP contribution in [0.1, 0.15) is 12.8 Å². The van der Waals surface area contributed by atoms with Crippen molar-refractivity contribution in [1.82, 2.24) is 9.97 Å². The number of nitrogens with zero attached hydrogens (tertiary/aromatic N) is 3. The molecular weight excluding hydrogens is 197 g/mol. The summed E-state index contributed by atoms with van der Waals surface area (Å²) in [7, 11) is 1.87. The molecule has 0 radical (unpaired) electrons. The molecule has 0 bridgehead atoms. The summed E-state index contributed by atoms with van der Waals surface area (Å²) in [4.78, 5) is 9.66. The van der Waals surface area contributed by atoms with Crippen LogP contribution in [0.15, 0.2) is 12.4 Å². The maximum Gasteiger partial charge on any atom is 0.225 e. The molecule has 1 aliphatic carbocycles. The number of hydrogen-bond donors (Lipinski definition) is 1. The van der Waals surface area contributed by atoms with Gasteiger partial charge < -0.3 is 10.0 Å². The summed E-state index contributed by atoms with van der Waals surface area (Å²) in [6.45, 7) is 0.808. The summed E-state index contributed by atoms with van der Waals surface area (Å²) in [5.41, 5.74) is 0. The van der Waals surface area contributed by atoms with Crippen LogP contribution in [0.3, 0.4) is 0 Å². The van der Waals surface area contributed by atoms with E-state index in [1.165, 1.54) is 0 Å². The first-order chi connectivity index (χ1) is 7.15. The van der Waals surface area contributed by atoms with Crippen LogP contribution < -0.4 is 4.90 Å². The summed E-state index contributed by atoms with van der Waals surface area (Å²) in [6.07, 6.45) is 3.86. The minimum atomic E-state index is -0.425. The largest absolute Gasteiger partial charge is 0.393 e. The van der Waals surface area contributed by atoms with Crippen LogP contribution in [0.25, 0.3) is 0 Å². The number of rotatable bonds is 3. The number of anilines is 1. The molecule has 1 aromatic rings. The van der Waals surface area contributed by atoms with Gasteiger partial charge in [-0.3, -0.25) is 0 Å². The molecule has 0 unspecified atom stereocenters. The lowest BCUT2D eigenvalue weighted by Gasteiger charge is -2.34. The lowest BCUT2D eigenvalue weighted by atomic mass is 9.82. The van der Waals surface area contributed by atoms with Gasteiger partial charge in [-0.05, 0) is 18.8 Å². The predicted molar refractivity (Wildman–Crippen MR) is 54.0 cm³/mol. The van der Waals surface area contributed by atoms with Crippen molar-refractivity contribution in [2.75, 3.05) is 18.5 Å². The zero-order valence-corrected chi connectivity index (χ0v) is 8.60. The summed E-state index contributed by atoms with van der Waals surface area (Å²) in [5.74, 6) is 0.600. The van der Waals surface area contributed by atoms with Gasteiger partial charge in [0.05, 0.1) is 18.5 Å². The van der Waals surface area contributed by atoms with Crippen molar-refractivity contribution in [2.24, 2.45) is 5.92 Å². The Morgan fingerprint density at radius 3 is 2.60 bits per heavy atom. The Hall–Kier alpha value is -1.23. The lowest BCUT2D eigenvalue weighted by Crippen LogP contribution is -2.37.